The van der Waals surface area contributed by atoms with Crippen molar-refractivity contribution in [1.82, 2.24) is 4.98 Å². The molecule has 2 N–H and O–H groups in total. The van der Waals surface area contributed by atoms with E-state index in [9.17, 15) is 9.59 Å². The Balaban J connectivity index is 2.69. The van der Waals surface area contributed by atoms with E-state index in [1.165, 1.54) is 6.92 Å². The first-order valence-electron chi connectivity index (χ1n) is 5.79. The first kappa shape index (κ1) is 16.1. The van der Waals surface area contributed by atoms with E-state index in [0.29, 0.717) is 5.13 Å². The van der Waals surface area contributed by atoms with Crippen molar-refractivity contribution in [3.63, 3.8) is 0 Å². The molecule has 1 heterocycles. The second-order valence-corrected chi connectivity index (χ2v) is 5.78. The largest absolute Gasteiger partial charge is 0.457 e. The number of nitrogen functional groups attached to an aromatic ring is 1. The van der Waals surface area contributed by atoms with Crippen molar-refractivity contribution in [3.05, 3.63) is 11.1 Å². The molecule has 1 radical (unpaired) electrons. The zero-order valence-electron chi connectivity index (χ0n) is 11.7. The normalized spacial score (nSPS) is 13.7. The molecule has 1 rings (SSSR count). The Bertz CT molecular complexity index is 519. The average Bonchev–Trinajstić information content (AvgIpc) is 2.74. The molecule has 0 aliphatic rings. The molecule has 1 aromatic rings. The topological polar surface area (TPSA) is 104 Å². The lowest BCUT2D eigenvalue weighted by molar-refractivity contribution is -0.167. The highest BCUT2D eigenvalue weighted by atomic mass is 32.1. The Labute approximate surface area is 120 Å². The van der Waals surface area contributed by atoms with Crippen molar-refractivity contribution in [2.45, 2.75) is 39.4 Å². The number of hydrogen-bond acceptors (Lipinski definition) is 8. The van der Waals surface area contributed by atoms with Crippen LogP contribution in [-0.4, -0.2) is 34.7 Å². The van der Waals surface area contributed by atoms with Crippen LogP contribution in [0.1, 0.15) is 33.4 Å². The minimum absolute atomic E-state index is 0.159. The number of anilines is 1. The Morgan fingerprint density at radius 1 is 1.55 bits per heavy atom. The maximum absolute atomic E-state index is 11.7. The number of esters is 1. The molecule has 0 saturated heterocycles. The first-order chi connectivity index (χ1) is 9.23. The van der Waals surface area contributed by atoms with Gasteiger partial charge in [0, 0.05) is 5.38 Å². The fourth-order valence-corrected chi connectivity index (χ4v) is 1.62. The first-order valence-corrected chi connectivity index (χ1v) is 6.67. The van der Waals surface area contributed by atoms with Gasteiger partial charge >= 0.3 is 5.97 Å². The van der Waals surface area contributed by atoms with E-state index >= 15 is 0 Å². The van der Waals surface area contributed by atoms with Crippen LogP contribution in [0.3, 0.4) is 0 Å². The number of oxime groups is 1. The molecule has 0 aliphatic carbocycles. The quantitative estimate of drug-likeness (QED) is 0.499. The lowest BCUT2D eigenvalue weighted by Crippen LogP contribution is -2.31. The predicted octanol–water partition coefficient (Wildman–Crippen LogP) is 1.29. The van der Waals surface area contributed by atoms with Crippen LogP contribution in [0.4, 0.5) is 5.13 Å². The van der Waals surface area contributed by atoms with Gasteiger partial charge < -0.3 is 15.3 Å². The highest BCUT2D eigenvalue weighted by molar-refractivity contribution is 7.13. The van der Waals surface area contributed by atoms with Gasteiger partial charge in [-0.2, -0.15) is 0 Å². The van der Waals surface area contributed by atoms with Crippen molar-refractivity contribution in [3.8, 4) is 0 Å². The third-order valence-corrected chi connectivity index (χ3v) is 2.58. The monoisotopic (exact) mass is 298 g/mol. The van der Waals surface area contributed by atoms with Crippen LogP contribution in [0.25, 0.3) is 0 Å². The van der Waals surface area contributed by atoms with Gasteiger partial charge in [-0.25, -0.2) is 9.78 Å². The van der Waals surface area contributed by atoms with Crippen molar-refractivity contribution in [2.75, 3.05) is 5.73 Å². The molecule has 1 unspecified atom stereocenters. The van der Waals surface area contributed by atoms with Gasteiger partial charge in [-0.1, -0.05) is 5.16 Å². The number of carbonyl (C=O) groups is 1. The lowest BCUT2D eigenvalue weighted by Gasteiger charge is -2.21. The van der Waals surface area contributed by atoms with Crippen LogP contribution in [0, 0.1) is 0 Å². The summed E-state index contributed by atoms with van der Waals surface area (Å²) in [5.74, 6) is -0.579. The summed E-state index contributed by atoms with van der Waals surface area (Å²) in [7, 11) is 0. The Kier molecular flexibility index (Phi) is 5.20. The summed E-state index contributed by atoms with van der Waals surface area (Å²) in [5.41, 5.74) is 4.92. The predicted molar refractivity (Wildman–Crippen MR) is 75.1 cm³/mol. The van der Waals surface area contributed by atoms with Gasteiger partial charge in [0.15, 0.2) is 10.8 Å². The van der Waals surface area contributed by atoms with Crippen LogP contribution >= 0.6 is 11.3 Å². The van der Waals surface area contributed by atoms with Crippen molar-refractivity contribution in [2.24, 2.45) is 5.16 Å². The molecule has 8 heteroatoms. The van der Waals surface area contributed by atoms with Gasteiger partial charge in [0.2, 0.25) is 6.10 Å². The summed E-state index contributed by atoms with van der Waals surface area (Å²) in [4.78, 5) is 31.3. The zero-order valence-corrected chi connectivity index (χ0v) is 12.5. The van der Waals surface area contributed by atoms with Gasteiger partial charge in [-0.05, 0) is 27.7 Å². The molecule has 0 amide bonds. The SMILES string of the molecule is CC(ON=C([C]=O)c1csc(N)n1)C(=O)OC(C)(C)C. The van der Waals surface area contributed by atoms with Crippen LogP contribution in [0.15, 0.2) is 10.5 Å². The summed E-state index contributed by atoms with van der Waals surface area (Å²) in [5, 5.41) is 5.39. The molecular weight excluding hydrogens is 282 g/mol. The van der Waals surface area contributed by atoms with Crippen LogP contribution < -0.4 is 5.73 Å². The second kappa shape index (κ2) is 6.47. The molecule has 20 heavy (non-hydrogen) atoms. The van der Waals surface area contributed by atoms with Gasteiger partial charge in [-0.3, -0.25) is 4.79 Å². The number of rotatable bonds is 5. The Morgan fingerprint density at radius 2 is 2.20 bits per heavy atom. The summed E-state index contributed by atoms with van der Waals surface area (Å²) in [6.45, 7) is 6.69. The third kappa shape index (κ3) is 4.96. The molecule has 0 saturated carbocycles. The fraction of sp³-hybridized carbons (Fsp3) is 0.500. The van der Waals surface area contributed by atoms with Gasteiger partial charge in [0.1, 0.15) is 11.3 Å². The fourth-order valence-electron chi connectivity index (χ4n) is 1.07. The maximum Gasteiger partial charge on any atom is 0.350 e. The van der Waals surface area contributed by atoms with E-state index in [0.717, 1.165) is 11.3 Å². The number of hydrogen-bond donors (Lipinski definition) is 1. The highest BCUT2D eigenvalue weighted by Gasteiger charge is 2.23. The molecule has 0 spiro atoms. The molecule has 7 nitrogen and oxygen atoms in total. The van der Waals surface area contributed by atoms with Crippen molar-refractivity contribution < 1.29 is 19.2 Å². The van der Waals surface area contributed by atoms with E-state index in [1.54, 1.807) is 32.4 Å². The number of ether oxygens (including phenoxy) is 1. The van der Waals surface area contributed by atoms with Crippen molar-refractivity contribution in [1.29, 1.82) is 0 Å². The minimum atomic E-state index is -0.950. The standard InChI is InChI=1S/C12H16N3O4S/c1-7(10(17)18-12(2,3)4)19-15-8(5-16)9-6-20-11(13)14-9/h6-7H,1-4H3,(H2,13,14). The number of nitrogens with two attached hydrogens (primary N) is 1. The summed E-state index contributed by atoms with van der Waals surface area (Å²) >= 11 is 1.16. The van der Waals surface area contributed by atoms with Crippen LogP contribution in [0.5, 0.6) is 0 Å². The molecule has 109 valence electrons. The number of thiazole rings is 1. The maximum atomic E-state index is 11.7. The molecule has 1 aromatic heterocycles. The molecule has 1 atom stereocenters. The molecule has 0 aromatic carbocycles. The zero-order chi connectivity index (χ0) is 15.3. The average molecular weight is 298 g/mol. The minimum Gasteiger partial charge on any atom is -0.457 e. The molecule has 0 bridgehead atoms. The van der Waals surface area contributed by atoms with Gasteiger partial charge in [-0.15, -0.1) is 11.3 Å². The smallest absolute Gasteiger partial charge is 0.350 e. The summed E-state index contributed by atoms with van der Waals surface area (Å²) in [6.07, 6.45) is 0.635. The van der Waals surface area contributed by atoms with Gasteiger partial charge in [0.05, 0.1) is 0 Å². The Hall–Kier alpha value is -1.96. The van der Waals surface area contributed by atoms with Crippen LogP contribution in [-0.2, 0) is 19.2 Å². The number of aromatic nitrogens is 1. The van der Waals surface area contributed by atoms with E-state index in [4.69, 9.17) is 15.3 Å². The third-order valence-electron chi connectivity index (χ3n) is 1.90. The highest BCUT2D eigenvalue weighted by Crippen LogP contribution is 2.13. The molecular formula is C12H16N3O4S. The second-order valence-electron chi connectivity index (χ2n) is 4.89. The molecule has 0 aliphatic heterocycles. The van der Waals surface area contributed by atoms with E-state index in [2.05, 4.69) is 10.1 Å². The lowest BCUT2D eigenvalue weighted by atomic mass is 10.2. The van der Waals surface area contributed by atoms with Crippen LogP contribution in [0.2, 0.25) is 0 Å². The van der Waals surface area contributed by atoms with Gasteiger partial charge in [0.25, 0.3) is 6.29 Å². The Morgan fingerprint density at radius 3 is 2.65 bits per heavy atom. The van der Waals surface area contributed by atoms with E-state index in [1.807, 2.05) is 0 Å². The number of nitrogens with zero attached hydrogens (tertiary/aromatic N) is 2. The van der Waals surface area contributed by atoms with Crippen molar-refractivity contribution >= 4 is 34.4 Å². The summed E-state index contributed by atoms with van der Waals surface area (Å²) < 4.78 is 5.11. The van der Waals surface area contributed by atoms with E-state index < -0.39 is 17.7 Å². The summed E-state index contributed by atoms with van der Waals surface area (Å²) in [6, 6.07) is 0. The number of carbonyl (C=O) groups excluding carboxylic acids is 2. The van der Waals surface area contributed by atoms with E-state index in [-0.39, 0.29) is 11.4 Å². The molecule has 0 fully saturated rings.